The molecule has 6 heteroatoms. The SMILES string of the molecule is COc1ccc(N)c(C(=S=O)c2nc3ccccc3[nH]2)c1. The maximum Gasteiger partial charge on any atom is 0.152 e. The third kappa shape index (κ3) is 2.41. The number of nitrogens with two attached hydrogens (primary N) is 1. The van der Waals surface area contributed by atoms with Gasteiger partial charge < -0.3 is 15.5 Å². The fraction of sp³-hybridized carbons (Fsp3) is 0.0667. The Balaban J connectivity index is 2.16. The second-order valence-corrected chi connectivity index (χ2v) is 5.04. The lowest BCUT2D eigenvalue weighted by Crippen LogP contribution is -2.08. The first-order chi connectivity index (χ1) is 10.2. The summed E-state index contributed by atoms with van der Waals surface area (Å²) in [7, 11) is 1.57. The van der Waals surface area contributed by atoms with Gasteiger partial charge in [0.1, 0.15) is 21.9 Å². The summed E-state index contributed by atoms with van der Waals surface area (Å²) < 4.78 is 16.8. The molecule has 106 valence electrons. The quantitative estimate of drug-likeness (QED) is 0.440. The Morgan fingerprint density at radius 1 is 1.29 bits per heavy atom. The molecule has 3 N–H and O–H groups in total. The predicted molar refractivity (Wildman–Crippen MR) is 84.9 cm³/mol. The molecular formula is C15H13N3O2S. The van der Waals surface area contributed by atoms with Crippen LogP contribution in [0.2, 0.25) is 0 Å². The zero-order valence-corrected chi connectivity index (χ0v) is 12.1. The van der Waals surface area contributed by atoms with Crippen molar-refractivity contribution >= 4 is 32.8 Å². The maximum absolute atomic E-state index is 11.6. The minimum atomic E-state index is 0.362. The second kappa shape index (κ2) is 5.41. The van der Waals surface area contributed by atoms with E-state index in [1.165, 1.54) is 0 Å². The average Bonchev–Trinajstić information content (AvgIpc) is 2.93. The van der Waals surface area contributed by atoms with Gasteiger partial charge in [0.05, 0.1) is 18.1 Å². The number of benzene rings is 2. The van der Waals surface area contributed by atoms with Crippen LogP contribution >= 0.6 is 0 Å². The van der Waals surface area contributed by atoms with E-state index in [1.54, 1.807) is 25.3 Å². The molecule has 0 saturated carbocycles. The van der Waals surface area contributed by atoms with Gasteiger partial charge in [0.15, 0.2) is 5.82 Å². The first kappa shape index (κ1) is 13.4. The van der Waals surface area contributed by atoms with Gasteiger partial charge in [-0.2, -0.15) is 0 Å². The number of H-pyrrole nitrogens is 1. The van der Waals surface area contributed by atoms with Crippen LogP contribution in [0.5, 0.6) is 5.75 Å². The number of fused-ring (bicyclic) bond motifs is 1. The van der Waals surface area contributed by atoms with Crippen molar-refractivity contribution in [2.45, 2.75) is 0 Å². The summed E-state index contributed by atoms with van der Waals surface area (Å²) in [5.41, 5.74) is 8.79. The number of nitrogens with one attached hydrogen (secondary N) is 1. The number of anilines is 1. The molecule has 0 saturated heterocycles. The highest BCUT2D eigenvalue weighted by Gasteiger charge is 2.15. The summed E-state index contributed by atoms with van der Waals surface area (Å²) in [6, 6.07) is 12.8. The van der Waals surface area contributed by atoms with E-state index < -0.39 is 0 Å². The lowest BCUT2D eigenvalue weighted by atomic mass is 10.1. The largest absolute Gasteiger partial charge is 0.497 e. The first-order valence-corrected chi connectivity index (χ1v) is 7.03. The molecule has 0 bridgehead atoms. The number of rotatable bonds is 3. The number of para-hydroxylation sites is 2. The van der Waals surface area contributed by atoms with E-state index in [-0.39, 0.29) is 0 Å². The van der Waals surface area contributed by atoms with Crippen molar-refractivity contribution in [1.82, 2.24) is 9.97 Å². The monoisotopic (exact) mass is 299 g/mol. The molecule has 0 aliphatic heterocycles. The number of nitrogens with zero attached hydrogens (tertiary/aromatic N) is 1. The molecule has 0 aliphatic carbocycles. The Morgan fingerprint density at radius 2 is 2.10 bits per heavy atom. The Bertz CT molecular complexity index is 833. The van der Waals surface area contributed by atoms with Crippen LogP contribution in [0.25, 0.3) is 11.0 Å². The summed E-state index contributed by atoms with van der Waals surface area (Å²) in [4.78, 5) is 8.04. The normalized spacial score (nSPS) is 10.5. The van der Waals surface area contributed by atoms with E-state index in [0.717, 1.165) is 11.0 Å². The molecule has 0 radical (unpaired) electrons. The molecule has 2 aromatic carbocycles. The number of hydrogen-bond donors (Lipinski definition) is 2. The molecule has 0 unspecified atom stereocenters. The maximum atomic E-state index is 11.6. The lowest BCUT2D eigenvalue weighted by Gasteiger charge is -2.07. The lowest BCUT2D eigenvalue weighted by molar-refractivity contribution is 0.415. The Labute approximate surface area is 124 Å². The van der Waals surface area contributed by atoms with Gasteiger partial charge in [-0.1, -0.05) is 12.1 Å². The van der Waals surface area contributed by atoms with Crippen molar-refractivity contribution < 1.29 is 8.95 Å². The second-order valence-electron chi connectivity index (χ2n) is 4.47. The average molecular weight is 299 g/mol. The summed E-state index contributed by atoms with van der Waals surface area (Å²) in [5.74, 6) is 1.15. The van der Waals surface area contributed by atoms with E-state index in [2.05, 4.69) is 9.97 Å². The summed E-state index contributed by atoms with van der Waals surface area (Å²) in [6.07, 6.45) is 0. The number of aromatic nitrogens is 2. The zero-order valence-electron chi connectivity index (χ0n) is 11.3. The van der Waals surface area contributed by atoms with Crippen molar-refractivity contribution in [1.29, 1.82) is 0 Å². The number of methoxy groups -OCH3 is 1. The van der Waals surface area contributed by atoms with E-state index in [1.807, 2.05) is 24.3 Å². The standard InChI is InChI=1S/C15H13N3O2S/c1-20-9-6-7-11(16)10(8-9)14(21-19)15-17-12-4-2-3-5-13(12)18-15/h2-8H,16H2,1H3,(H,17,18). The van der Waals surface area contributed by atoms with Crippen molar-refractivity contribution in [3.8, 4) is 5.75 Å². The Hall–Kier alpha value is -2.60. The Morgan fingerprint density at radius 3 is 2.81 bits per heavy atom. The fourth-order valence-corrected chi connectivity index (χ4v) is 2.57. The van der Waals surface area contributed by atoms with Gasteiger partial charge in [-0.05, 0) is 30.3 Å². The van der Waals surface area contributed by atoms with Gasteiger partial charge in [0.2, 0.25) is 0 Å². The van der Waals surface area contributed by atoms with Gasteiger partial charge in [-0.3, -0.25) is 0 Å². The van der Waals surface area contributed by atoms with E-state index in [4.69, 9.17) is 10.5 Å². The number of imidazole rings is 1. The summed E-state index contributed by atoms with van der Waals surface area (Å²) in [5, 5.41) is 0. The number of nitrogen functional groups attached to an aromatic ring is 1. The van der Waals surface area contributed by atoms with Gasteiger partial charge in [0, 0.05) is 11.3 Å². The van der Waals surface area contributed by atoms with Crippen molar-refractivity contribution in [3.63, 3.8) is 0 Å². The van der Waals surface area contributed by atoms with Crippen LogP contribution in [0.1, 0.15) is 11.4 Å². The molecule has 1 aromatic heterocycles. The minimum Gasteiger partial charge on any atom is -0.497 e. The highest BCUT2D eigenvalue weighted by Crippen LogP contribution is 2.22. The third-order valence-corrected chi connectivity index (χ3v) is 3.77. The summed E-state index contributed by atoms with van der Waals surface area (Å²) in [6.45, 7) is 0. The first-order valence-electron chi connectivity index (χ1n) is 6.28. The van der Waals surface area contributed by atoms with Gasteiger partial charge in [-0.25, -0.2) is 9.19 Å². The molecule has 3 aromatic rings. The molecular weight excluding hydrogens is 286 g/mol. The zero-order chi connectivity index (χ0) is 14.8. The topological polar surface area (TPSA) is 81.0 Å². The molecule has 0 amide bonds. The van der Waals surface area contributed by atoms with Crippen molar-refractivity contribution in [2.75, 3.05) is 12.8 Å². The van der Waals surface area contributed by atoms with Crippen molar-refractivity contribution in [3.05, 3.63) is 53.9 Å². The van der Waals surface area contributed by atoms with Gasteiger partial charge >= 0.3 is 0 Å². The van der Waals surface area contributed by atoms with Gasteiger partial charge in [0.25, 0.3) is 0 Å². The molecule has 3 rings (SSSR count). The van der Waals surface area contributed by atoms with Crippen LogP contribution in [0.3, 0.4) is 0 Å². The van der Waals surface area contributed by atoms with Gasteiger partial charge in [-0.15, -0.1) is 0 Å². The smallest absolute Gasteiger partial charge is 0.152 e. The third-order valence-electron chi connectivity index (χ3n) is 3.19. The number of ether oxygens (including phenoxy) is 1. The summed E-state index contributed by atoms with van der Waals surface area (Å²) >= 11 is 0.362. The van der Waals surface area contributed by atoms with Crippen LogP contribution in [-0.2, 0) is 11.3 Å². The van der Waals surface area contributed by atoms with Crippen LogP contribution in [0, 0.1) is 0 Å². The highest BCUT2D eigenvalue weighted by atomic mass is 32.1. The minimum absolute atomic E-state index is 0.362. The molecule has 21 heavy (non-hydrogen) atoms. The molecule has 0 aliphatic rings. The fourth-order valence-electron chi connectivity index (χ4n) is 2.13. The molecule has 1 heterocycles. The van der Waals surface area contributed by atoms with Crippen LogP contribution < -0.4 is 10.5 Å². The molecule has 0 atom stereocenters. The predicted octanol–water partition coefficient (Wildman–Crippen LogP) is 1.94. The van der Waals surface area contributed by atoms with Crippen LogP contribution in [0.15, 0.2) is 42.5 Å². The van der Waals surface area contributed by atoms with E-state index >= 15 is 0 Å². The molecule has 0 fully saturated rings. The number of hydrogen-bond acceptors (Lipinski definition) is 4. The molecule has 0 spiro atoms. The van der Waals surface area contributed by atoms with Crippen molar-refractivity contribution in [2.24, 2.45) is 0 Å². The van der Waals surface area contributed by atoms with Crippen LogP contribution in [0.4, 0.5) is 5.69 Å². The number of aromatic amines is 1. The van der Waals surface area contributed by atoms with E-state index in [0.29, 0.717) is 38.9 Å². The van der Waals surface area contributed by atoms with E-state index in [9.17, 15) is 4.21 Å². The Kier molecular flexibility index (Phi) is 3.45. The molecule has 5 nitrogen and oxygen atoms in total. The van der Waals surface area contributed by atoms with Crippen LogP contribution in [-0.4, -0.2) is 26.2 Å². The highest BCUT2D eigenvalue weighted by molar-refractivity contribution is 7.67.